The summed E-state index contributed by atoms with van der Waals surface area (Å²) in [5.41, 5.74) is 1.10. The smallest absolute Gasteiger partial charge is 0.162 e. The highest BCUT2D eigenvalue weighted by Crippen LogP contribution is 2.20. The number of hydrogen-bond donors (Lipinski definition) is 0. The molecule has 0 bridgehead atoms. The first kappa shape index (κ1) is 11.9. The summed E-state index contributed by atoms with van der Waals surface area (Å²) in [6.07, 6.45) is 0.726. The zero-order chi connectivity index (χ0) is 12.1. The lowest BCUT2D eigenvalue weighted by Gasteiger charge is -2.10. The van der Waals surface area contributed by atoms with E-state index in [0.29, 0.717) is 19.4 Å². The molecule has 1 aromatic rings. The van der Waals surface area contributed by atoms with Crippen LogP contribution in [0, 0.1) is 11.3 Å². The van der Waals surface area contributed by atoms with Gasteiger partial charge in [0.1, 0.15) is 5.75 Å². The van der Waals surface area contributed by atoms with Gasteiger partial charge in [0.05, 0.1) is 32.3 Å². The summed E-state index contributed by atoms with van der Waals surface area (Å²) in [5, 5.41) is 8.57. The quantitative estimate of drug-likeness (QED) is 0.797. The fourth-order valence-corrected chi connectivity index (χ4v) is 1.82. The summed E-state index contributed by atoms with van der Waals surface area (Å²) in [6, 6.07) is 9.90. The number of nitrogens with zero attached hydrogens (tertiary/aromatic N) is 1. The predicted molar refractivity (Wildman–Crippen MR) is 61.5 cm³/mol. The molecule has 0 aromatic heterocycles. The minimum Gasteiger partial charge on any atom is -0.497 e. The third-order valence-electron chi connectivity index (χ3n) is 2.67. The zero-order valence-corrected chi connectivity index (χ0v) is 9.76. The summed E-state index contributed by atoms with van der Waals surface area (Å²) >= 11 is 0. The Bertz CT molecular complexity index is 413. The van der Waals surface area contributed by atoms with Crippen LogP contribution in [-0.2, 0) is 15.9 Å². The minimum atomic E-state index is -0.250. The number of methoxy groups -OCH3 is 1. The zero-order valence-electron chi connectivity index (χ0n) is 9.76. The van der Waals surface area contributed by atoms with Crippen molar-refractivity contribution in [2.24, 2.45) is 0 Å². The van der Waals surface area contributed by atoms with Crippen molar-refractivity contribution in [1.82, 2.24) is 0 Å². The molecule has 0 radical (unpaired) electrons. The van der Waals surface area contributed by atoms with Crippen molar-refractivity contribution in [2.45, 2.75) is 25.2 Å². The number of ether oxygens (including phenoxy) is 3. The molecule has 1 heterocycles. The van der Waals surface area contributed by atoms with Crippen LogP contribution < -0.4 is 4.74 Å². The lowest BCUT2D eigenvalue weighted by atomic mass is 10.1. The van der Waals surface area contributed by atoms with Gasteiger partial charge in [-0.3, -0.25) is 0 Å². The summed E-state index contributed by atoms with van der Waals surface area (Å²) in [5.74, 6) is 0.828. The molecule has 1 saturated heterocycles. The van der Waals surface area contributed by atoms with E-state index in [2.05, 4.69) is 6.07 Å². The fourth-order valence-electron chi connectivity index (χ4n) is 1.82. The van der Waals surface area contributed by atoms with E-state index in [0.717, 1.165) is 11.3 Å². The van der Waals surface area contributed by atoms with Gasteiger partial charge in [-0.15, -0.1) is 0 Å². The number of benzene rings is 1. The Morgan fingerprint density at radius 1 is 1.53 bits per heavy atom. The Morgan fingerprint density at radius 2 is 2.41 bits per heavy atom. The van der Waals surface area contributed by atoms with Crippen LogP contribution in [-0.4, -0.2) is 26.1 Å². The lowest BCUT2D eigenvalue weighted by molar-refractivity contribution is -0.0548. The molecule has 0 aliphatic carbocycles. The molecule has 2 atom stereocenters. The molecule has 1 fully saturated rings. The van der Waals surface area contributed by atoms with Crippen molar-refractivity contribution in [3.8, 4) is 11.8 Å². The molecular formula is C13H15NO3. The molecule has 2 rings (SSSR count). The minimum absolute atomic E-state index is 0.0874. The SMILES string of the molecule is COc1cccc(CC2OCC(CC#N)O2)c1. The Kier molecular flexibility index (Phi) is 3.97. The normalized spacial score (nSPS) is 23.3. The van der Waals surface area contributed by atoms with Crippen molar-refractivity contribution in [2.75, 3.05) is 13.7 Å². The number of nitriles is 1. The third kappa shape index (κ3) is 3.19. The van der Waals surface area contributed by atoms with E-state index < -0.39 is 0 Å². The van der Waals surface area contributed by atoms with Gasteiger partial charge in [-0.2, -0.15) is 5.26 Å². The van der Waals surface area contributed by atoms with Crippen LogP contribution >= 0.6 is 0 Å². The molecular weight excluding hydrogens is 218 g/mol. The highest BCUT2D eigenvalue weighted by Gasteiger charge is 2.25. The molecule has 17 heavy (non-hydrogen) atoms. The van der Waals surface area contributed by atoms with E-state index in [1.165, 1.54) is 0 Å². The van der Waals surface area contributed by atoms with Crippen LogP contribution in [0.3, 0.4) is 0 Å². The van der Waals surface area contributed by atoms with Crippen molar-refractivity contribution in [3.05, 3.63) is 29.8 Å². The van der Waals surface area contributed by atoms with Gasteiger partial charge in [0, 0.05) is 6.42 Å². The second kappa shape index (κ2) is 5.67. The maximum Gasteiger partial charge on any atom is 0.162 e. The van der Waals surface area contributed by atoms with Gasteiger partial charge in [0.2, 0.25) is 0 Å². The van der Waals surface area contributed by atoms with Gasteiger partial charge in [0.25, 0.3) is 0 Å². The topological polar surface area (TPSA) is 51.5 Å². The maximum atomic E-state index is 8.57. The predicted octanol–water partition coefficient (Wildman–Crippen LogP) is 1.89. The van der Waals surface area contributed by atoms with E-state index in [4.69, 9.17) is 19.5 Å². The second-order valence-electron chi connectivity index (χ2n) is 3.94. The molecule has 1 aliphatic heterocycles. The molecule has 4 nitrogen and oxygen atoms in total. The average molecular weight is 233 g/mol. The Hall–Kier alpha value is -1.57. The van der Waals surface area contributed by atoms with Crippen LogP contribution in [0.25, 0.3) is 0 Å². The monoisotopic (exact) mass is 233 g/mol. The van der Waals surface area contributed by atoms with Crippen LogP contribution in [0.4, 0.5) is 0 Å². The lowest BCUT2D eigenvalue weighted by Crippen LogP contribution is -2.14. The Labute approximate surface area is 101 Å². The van der Waals surface area contributed by atoms with E-state index in [-0.39, 0.29) is 12.4 Å². The number of hydrogen-bond acceptors (Lipinski definition) is 4. The van der Waals surface area contributed by atoms with Gasteiger partial charge in [-0.25, -0.2) is 0 Å². The van der Waals surface area contributed by atoms with E-state index in [1.54, 1.807) is 7.11 Å². The van der Waals surface area contributed by atoms with Crippen LogP contribution in [0.15, 0.2) is 24.3 Å². The van der Waals surface area contributed by atoms with Gasteiger partial charge < -0.3 is 14.2 Å². The van der Waals surface area contributed by atoms with Gasteiger partial charge >= 0.3 is 0 Å². The van der Waals surface area contributed by atoms with Crippen molar-refractivity contribution >= 4 is 0 Å². The summed E-state index contributed by atoms with van der Waals surface area (Å²) < 4.78 is 16.2. The van der Waals surface area contributed by atoms with Crippen LogP contribution in [0.2, 0.25) is 0 Å². The summed E-state index contributed by atoms with van der Waals surface area (Å²) in [6.45, 7) is 0.502. The van der Waals surface area contributed by atoms with Crippen LogP contribution in [0.5, 0.6) is 5.75 Å². The first-order valence-corrected chi connectivity index (χ1v) is 5.58. The average Bonchev–Trinajstić information content (AvgIpc) is 2.77. The maximum absolute atomic E-state index is 8.57. The van der Waals surface area contributed by atoms with Gasteiger partial charge in [-0.05, 0) is 17.7 Å². The molecule has 2 unspecified atom stereocenters. The molecule has 1 aliphatic rings. The first-order chi connectivity index (χ1) is 8.31. The molecule has 0 saturated carbocycles. The largest absolute Gasteiger partial charge is 0.497 e. The van der Waals surface area contributed by atoms with Gasteiger partial charge in [-0.1, -0.05) is 12.1 Å². The van der Waals surface area contributed by atoms with Crippen molar-refractivity contribution in [1.29, 1.82) is 5.26 Å². The third-order valence-corrected chi connectivity index (χ3v) is 2.67. The van der Waals surface area contributed by atoms with E-state index in [1.807, 2.05) is 24.3 Å². The Balaban J connectivity index is 1.91. The van der Waals surface area contributed by atoms with Crippen molar-refractivity contribution in [3.63, 3.8) is 0 Å². The molecule has 1 aromatic carbocycles. The van der Waals surface area contributed by atoms with E-state index in [9.17, 15) is 0 Å². The summed E-state index contributed by atoms with van der Waals surface area (Å²) in [4.78, 5) is 0. The first-order valence-electron chi connectivity index (χ1n) is 5.58. The standard InChI is InChI=1S/C13H15NO3/c1-15-11-4-2-3-10(7-11)8-13-16-9-12(17-13)5-6-14/h2-4,7,12-13H,5,8-9H2,1H3. The molecule has 4 heteroatoms. The highest BCUT2D eigenvalue weighted by molar-refractivity contribution is 5.28. The van der Waals surface area contributed by atoms with Crippen LogP contribution in [0.1, 0.15) is 12.0 Å². The molecule has 0 spiro atoms. The fraction of sp³-hybridized carbons (Fsp3) is 0.462. The van der Waals surface area contributed by atoms with Crippen molar-refractivity contribution < 1.29 is 14.2 Å². The summed E-state index contributed by atoms with van der Waals surface area (Å²) in [7, 11) is 1.64. The molecule has 0 N–H and O–H groups in total. The molecule has 90 valence electrons. The Morgan fingerprint density at radius 3 is 3.18 bits per heavy atom. The van der Waals surface area contributed by atoms with E-state index >= 15 is 0 Å². The highest BCUT2D eigenvalue weighted by atomic mass is 16.7. The van der Waals surface area contributed by atoms with Gasteiger partial charge in [0.15, 0.2) is 6.29 Å². The number of rotatable bonds is 4. The molecule has 0 amide bonds. The second-order valence-corrected chi connectivity index (χ2v) is 3.94.